The van der Waals surface area contributed by atoms with Crippen molar-refractivity contribution < 1.29 is 9.18 Å². The SMILES string of the molecule is O=C(NN1C=CCCC1)c1nn(-c2ccc(Cl)cc2CI)c2c1CCC/C2=C\c1ccc(F)cc1. The fourth-order valence-electron chi connectivity index (χ4n) is 4.65. The molecule has 180 valence electrons. The van der Waals surface area contributed by atoms with E-state index in [2.05, 4.69) is 40.2 Å². The predicted octanol–water partition coefficient (Wildman–Crippen LogP) is 6.73. The van der Waals surface area contributed by atoms with Crippen LogP contribution >= 0.6 is 34.2 Å². The number of nitrogens with one attached hydrogen (secondary N) is 1. The minimum atomic E-state index is -0.264. The van der Waals surface area contributed by atoms with Gasteiger partial charge in [-0.25, -0.2) is 9.07 Å². The molecule has 0 spiro atoms. The van der Waals surface area contributed by atoms with Crippen molar-refractivity contribution in [1.29, 1.82) is 0 Å². The van der Waals surface area contributed by atoms with Crippen molar-refractivity contribution in [3.8, 4) is 5.69 Å². The summed E-state index contributed by atoms with van der Waals surface area (Å²) in [6.45, 7) is 0.775. The Morgan fingerprint density at radius 3 is 2.74 bits per heavy atom. The molecule has 2 heterocycles. The molecular weight excluding hydrogens is 578 g/mol. The van der Waals surface area contributed by atoms with E-state index in [4.69, 9.17) is 16.7 Å². The first-order valence-electron chi connectivity index (χ1n) is 11.7. The van der Waals surface area contributed by atoms with Crippen molar-refractivity contribution >= 4 is 51.7 Å². The van der Waals surface area contributed by atoms with Crippen LogP contribution in [0.5, 0.6) is 0 Å². The molecule has 5 nitrogen and oxygen atoms in total. The number of benzene rings is 2. The van der Waals surface area contributed by atoms with Crippen LogP contribution in [0.15, 0.2) is 54.7 Å². The molecule has 0 unspecified atom stereocenters. The van der Waals surface area contributed by atoms with Gasteiger partial charge < -0.3 is 0 Å². The topological polar surface area (TPSA) is 50.2 Å². The zero-order chi connectivity index (χ0) is 24.4. The van der Waals surface area contributed by atoms with Gasteiger partial charge in [-0.2, -0.15) is 5.10 Å². The van der Waals surface area contributed by atoms with Gasteiger partial charge in [-0.3, -0.25) is 15.2 Å². The van der Waals surface area contributed by atoms with E-state index in [9.17, 15) is 9.18 Å². The number of fused-ring (bicyclic) bond motifs is 1. The number of allylic oxidation sites excluding steroid dienone is 2. The molecule has 1 aliphatic carbocycles. The van der Waals surface area contributed by atoms with Crippen LogP contribution in [0, 0.1) is 5.82 Å². The van der Waals surface area contributed by atoms with Crippen LogP contribution in [-0.2, 0) is 10.8 Å². The normalized spacial score (nSPS) is 16.4. The summed E-state index contributed by atoms with van der Waals surface area (Å²) in [5, 5.41) is 7.37. The molecule has 3 aromatic rings. The summed E-state index contributed by atoms with van der Waals surface area (Å²) in [6, 6.07) is 12.2. The van der Waals surface area contributed by atoms with Gasteiger partial charge in [0.2, 0.25) is 0 Å². The average molecular weight is 603 g/mol. The number of halogens is 3. The summed E-state index contributed by atoms with van der Waals surface area (Å²) in [5.74, 6) is -0.473. The van der Waals surface area contributed by atoms with Gasteiger partial charge >= 0.3 is 0 Å². The smallest absolute Gasteiger partial charge is 0.290 e. The van der Waals surface area contributed by atoms with Crippen molar-refractivity contribution in [2.45, 2.75) is 36.5 Å². The van der Waals surface area contributed by atoms with E-state index in [0.29, 0.717) is 10.7 Å². The van der Waals surface area contributed by atoms with E-state index in [1.165, 1.54) is 12.1 Å². The number of hydrogen-bond donors (Lipinski definition) is 1. The van der Waals surface area contributed by atoms with Crippen molar-refractivity contribution in [3.05, 3.63) is 93.7 Å². The van der Waals surface area contributed by atoms with Gasteiger partial charge in [0.15, 0.2) is 5.69 Å². The number of hydrazine groups is 1. The summed E-state index contributed by atoms with van der Waals surface area (Å²) < 4.78 is 16.1. The summed E-state index contributed by atoms with van der Waals surface area (Å²) in [5.41, 5.74) is 9.27. The maximum atomic E-state index is 13.5. The fourth-order valence-corrected chi connectivity index (χ4v) is 5.45. The van der Waals surface area contributed by atoms with Crippen molar-refractivity contribution in [1.82, 2.24) is 20.2 Å². The largest absolute Gasteiger partial charge is 0.293 e. The van der Waals surface area contributed by atoms with E-state index in [-0.39, 0.29) is 11.7 Å². The first-order chi connectivity index (χ1) is 17.0. The second-order valence-electron chi connectivity index (χ2n) is 8.73. The number of carbonyl (C=O) groups is 1. The lowest BCUT2D eigenvalue weighted by molar-refractivity contribution is 0.0839. The third-order valence-electron chi connectivity index (χ3n) is 6.30. The lowest BCUT2D eigenvalue weighted by atomic mass is 9.89. The second-order valence-corrected chi connectivity index (χ2v) is 9.93. The Balaban J connectivity index is 1.64. The Morgan fingerprint density at radius 2 is 2.00 bits per heavy atom. The Bertz CT molecular complexity index is 1320. The molecule has 0 saturated carbocycles. The highest BCUT2D eigenvalue weighted by atomic mass is 127. The number of carbonyl (C=O) groups excluding carboxylic acids is 1. The minimum Gasteiger partial charge on any atom is -0.293 e. The van der Waals surface area contributed by atoms with Gasteiger partial charge in [0.1, 0.15) is 5.82 Å². The monoisotopic (exact) mass is 602 g/mol. The van der Waals surface area contributed by atoms with Crippen LogP contribution in [0.4, 0.5) is 4.39 Å². The van der Waals surface area contributed by atoms with Crippen molar-refractivity contribution in [2.75, 3.05) is 6.54 Å². The maximum absolute atomic E-state index is 13.5. The molecule has 1 aliphatic heterocycles. The Labute approximate surface area is 222 Å². The Kier molecular flexibility index (Phi) is 7.24. The molecule has 8 heteroatoms. The van der Waals surface area contributed by atoms with E-state index < -0.39 is 0 Å². The van der Waals surface area contributed by atoms with E-state index in [1.54, 1.807) is 12.1 Å². The molecule has 5 rings (SSSR count). The third-order valence-corrected chi connectivity index (χ3v) is 7.36. The number of alkyl halides is 1. The Morgan fingerprint density at radius 1 is 1.17 bits per heavy atom. The van der Waals surface area contributed by atoms with Gasteiger partial charge in [0.25, 0.3) is 5.91 Å². The zero-order valence-electron chi connectivity index (χ0n) is 19.1. The van der Waals surface area contributed by atoms with Gasteiger partial charge in [-0.1, -0.05) is 52.4 Å². The van der Waals surface area contributed by atoms with E-state index in [0.717, 1.165) is 76.7 Å². The highest BCUT2D eigenvalue weighted by Crippen LogP contribution is 2.37. The van der Waals surface area contributed by atoms with Crippen LogP contribution in [0.1, 0.15) is 58.6 Å². The summed E-state index contributed by atoms with van der Waals surface area (Å²) >= 11 is 8.61. The van der Waals surface area contributed by atoms with E-state index in [1.807, 2.05) is 34.1 Å². The summed E-state index contributed by atoms with van der Waals surface area (Å²) in [6.07, 6.45) is 10.6. The average Bonchev–Trinajstić information content (AvgIpc) is 3.26. The molecule has 2 aromatic carbocycles. The maximum Gasteiger partial charge on any atom is 0.290 e. The highest BCUT2D eigenvalue weighted by Gasteiger charge is 2.29. The van der Waals surface area contributed by atoms with Crippen LogP contribution in [-0.4, -0.2) is 27.2 Å². The molecule has 35 heavy (non-hydrogen) atoms. The number of hydrogen-bond acceptors (Lipinski definition) is 3. The highest BCUT2D eigenvalue weighted by molar-refractivity contribution is 14.1. The lowest BCUT2D eigenvalue weighted by Crippen LogP contribution is -2.40. The molecule has 0 fully saturated rings. The number of amides is 1. The number of rotatable bonds is 5. The standard InChI is InChI=1S/C27H25ClFIN4O/c28-21-9-12-24(20(16-21)17-30)34-26-19(15-18-7-10-22(29)11-8-18)5-4-6-23(26)25(31-34)27(35)32-33-13-2-1-3-14-33/h2,7-13,15-16H,1,3-6,14,17H2,(H,32,35)/b19-15+. The van der Waals surface area contributed by atoms with Crippen molar-refractivity contribution in [2.24, 2.45) is 0 Å². The first kappa shape index (κ1) is 24.1. The fraction of sp³-hybridized carbons (Fsp3) is 0.259. The third kappa shape index (κ3) is 5.16. The Hall–Kier alpha value is -2.65. The van der Waals surface area contributed by atoms with Gasteiger partial charge in [-0.05, 0) is 85.2 Å². The lowest BCUT2D eigenvalue weighted by Gasteiger charge is -2.23. The molecule has 0 radical (unpaired) electrons. The van der Waals surface area contributed by atoms with Crippen molar-refractivity contribution in [3.63, 3.8) is 0 Å². The zero-order valence-corrected chi connectivity index (χ0v) is 22.0. The molecule has 1 N–H and O–H groups in total. The first-order valence-corrected chi connectivity index (χ1v) is 13.6. The van der Waals surface area contributed by atoms with Crippen LogP contribution in [0.25, 0.3) is 17.3 Å². The van der Waals surface area contributed by atoms with Gasteiger partial charge in [-0.15, -0.1) is 0 Å². The molecule has 0 atom stereocenters. The number of aromatic nitrogens is 2. The summed E-state index contributed by atoms with van der Waals surface area (Å²) in [7, 11) is 0. The van der Waals surface area contributed by atoms with Crippen LogP contribution in [0.3, 0.4) is 0 Å². The van der Waals surface area contributed by atoms with Crippen LogP contribution in [0.2, 0.25) is 5.02 Å². The molecule has 1 amide bonds. The number of nitrogens with zero attached hydrogens (tertiary/aromatic N) is 3. The molecule has 2 aliphatic rings. The van der Waals surface area contributed by atoms with Gasteiger partial charge in [0.05, 0.1) is 11.4 Å². The second kappa shape index (κ2) is 10.5. The molecule has 0 saturated heterocycles. The van der Waals surface area contributed by atoms with Gasteiger partial charge in [0, 0.05) is 27.8 Å². The van der Waals surface area contributed by atoms with E-state index >= 15 is 0 Å². The predicted molar refractivity (Wildman–Crippen MR) is 146 cm³/mol. The molecule has 1 aromatic heterocycles. The quantitative estimate of drug-likeness (QED) is 0.260. The summed E-state index contributed by atoms with van der Waals surface area (Å²) in [4.78, 5) is 13.4. The minimum absolute atomic E-state index is 0.209. The molecular formula is C27H25ClFIN4O. The molecule has 0 bridgehead atoms. The van der Waals surface area contributed by atoms with Crippen LogP contribution < -0.4 is 5.43 Å².